The maximum atomic E-state index is 12.2. The molecule has 0 aliphatic carbocycles. The first-order chi connectivity index (χ1) is 13.5. The van der Waals surface area contributed by atoms with Gasteiger partial charge in [-0.05, 0) is 43.7 Å². The van der Waals surface area contributed by atoms with Gasteiger partial charge in [-0.2, -0.15) is 0 Å². The number of carbonyl (C=O) groups is 1. The molecule has 0 spiro atoms. The second-order valence-electron chi connectivity index (χ2n) is 7.05. The normalized spacial score (nSPS) is 14.7. The molecule has 1 fully saturated rings. The lowest BCUT2D eigenvalue weighted by atomic mass is 10.1. The van der Waals surface area contributed by atoms with Crippen LogP contribution in [0.5, 0.6) is 0 Å². The van der Waals surface area contributed by atoms with Gasteiger partial charge < -0.3 is 10.2 Å². The molecule has 1 saturated heterocycles. The first kappa shape index (κ1) is 19.8. The summed E-state index contributed by atoms with van der Waals surface area (Å²) < 4.78 is 0. The summed E-state index contributed by atoms with van der Waals surface area (Å²) in [4.78, 5) is 27.5. The average Bonchev–Trinajstić information content (AvgIpc) is 2.71. The molecule has 1 aliphatic rings. The SMILES string of the molecule is Cc1cccc(N2CCN(CCCNC(=O)c3ccccc3[N+](=O)[O-])CC2)c1. The van der Waals surface area contributed by atoms with Crippen LogP contribution in [0.3, 0.4) is 0 Å². The fraction of sp³-hybridized carbons (Fsp3) is 0.381. The molecule has 0 saturated carbocycles. The van der Waals surface area contributed by atoms with Gasteiger partial charge in [0, 0.05) is 44.5 Å². The third-order valence-electron chi connectivity index (χ3n) is 5.02. The van der Waals surface area contributed by atoms with Crippen LogP contribution in [0.2, 0.25) is 0 Å². The van der Waals surface area contributed by atoms with Crippen molar-refractivity contribution in [3.63, 3.8) is 0 Å². The molecule has 3 rings (SSSR count). The molecule has 28 heavy (non-hydrogen) atoms. The molecule has 1 aliphatic heterocycles. The summed E-state index contributed by atoms with van der Waals surface area (Å²) in [5.74, 6) is -0.392. The van der Waals surface area contributed by atoms with Crippen molar-refractivity contribution in [2.75, 3.05) is 44.2 Å². The summed E-state index contributed by atoms with van der Waals surface area (Å²) in [6.45, 7) is 7.48. The fourth-order valence-electron chi connectivity index (χ4n) is 3.48. The molecule has 0 aromatic heterocycles. The number of benzene rings is 2. The van der Waals surface area contributed by atoms with E-state index in [1.54, 1.807) is 12.1 Å². The van der Waals surface area contributed by atoms with Crippen molar-refractivity contribution in [2.45, 2.75) is 13.3 Å². The molecule has 7 heteroatoms. The molecule has 0 atom stereocenters. The zero-order valence-corrected chi connectivity index (χ0v) is 16.1. The summed E-state index contributed by atoms with van der Waals surface area (Å²) in [7, 11) is 0. The molecule has 0 bridgehead atoms. The van der Waals surface area contributed by atoms with E-state index < -0.39 is 10.8 Å². The highest BCUT2D eigenvalue weighted by Crippen LogP contribution is 2.18. The number of nitro groups is 1. The summed E-state index contributed by atoms with van der Waals surface area (Å²) >= 11 is 0. The number of hydrogen-bond acceptors (Lipinski definition) is 5. The van der Waals surface area contributed by atoms with Gasteiger partial charge in [-0.15, -0.1) is 0 Å². The van der Waals surface area contributed by atoms with E-state index in [1.165, 1.54) is 23.4 Å². The van der Waals surface area contributed by atoms with Gasteiger partial charge in [-0.1, -0.05) is 24.3 Å². The number of amides is 1. The Hall–Kier alpha value is -2.93. The van der Waals surface area contributed by atoms with Crippen LogP contribution in [-0.2, 0) is 0 Å². The van der Waals surface area contributed by atoms with E-state index in [2.05, 4.69) is 46.3 Å². The molecule has 1 heterocycles. The van der Waals surface area contributed by atoms with Crippen LogP contribution < -0.4 is 10.2 Å². The highest BCUT2D eigenvalue weighted by molar-refractivity contribution is 5.98. The molecule has 0 radical (unpaired) electrons. The van der Waals surface area contributed by atoms with E-state index >= 15 is 0 Å². The fourth-order valence-corrected chi connectivity index (χ4v) is 3.48. The second kappa shape index (κ2) is 9.32. The third-order valence-corrected chi connectivity index (χ3v) is 5.02. The Labute approximate surface area is 165 Å². The number of nitrogens with one attached hydrogen (secondary N) is 1. The third kappa shape index (κ3) is 5.07. The van der Waals surface area contributed by atoms with Gasteiger partial charge in [0.25, 0.3) is 11.6 Å². The summed E-state index contributed by atoms with van der Waals surface area (Å²) in [5, 5.41) is 13.8. The number of nitrogens with zero attached hydrogens (tertiary/aromatic N) is 3. The van der Waals surface area contributed by atoms with Gasteiger partial charge in [0.15, 0.2) is 0 Å². The summed E-state index contributed by atoms with van der Waals surface area (Å²) in [6.07, 6.45) is 0.816. The highest BCUT2D eigenvalue weighted by Gasteiger charge is 2.19. The molecular formula is C21H26N4O3. The number of rotatable bonds is 7. The van der Waals surface area contributed by atoms with Gasteiger partial charge in [-0.25, -0.2) is 0 Å². The van der Waals surface area contributed by atoms with Crippen LogP contribution in [0.25, 0.3) is 0 Å². The number of para-hydroxylation sites is 1. The number of anilines is 1. The van der Waals surface area contributed by atoms with Crippen LogP contribution in [0.4, 0.5) is 11.4 Å². The smallest absolute Gasteiger partial charge is 0.282 e. The van der Waals surface area contributed by atoms with Gasteiger partial charge in [0.05, 0.1) is 4.92 Å². The second-order valence-corrected chi connectivity index (χ2v) is 7.05. The Morgan fingerprint density at radius 2 is 1.86 bits per heavy atom. The van der Waals surface area contributed by atoms with Crippen molar-refractivity contribution in [3.05, 3.63) is 69.8 Å². The Balaban J connectivity index is 1.40. The minimum atomic E-state index is -0.525. The molecule has 148 valence electrons. The standard InChI is InChI=1S/C21H26N4O3/c1-17-6-4-7-18(16-17)24-14-12-23(13-15-24)11-5-10-22-21(26)19-8-2-3-9-20(19)25(27)28/h2-4,6-9,16H,5,10-15H2,1H3,(H,22,26). The van der Waals surface area contributed by atoms with E-state index in [4.69, 9.17) is 0 Å². The number of carbonyl (C=O) groups excluding carboxylic acids is 1. The van der Waals surface area contributed by atoms with Crippen molar-refractivity contribution in [1.82, 2.24) is 10.2 Å². The van der Waals surface area contributed by atoms with Crippen LogP contribution in [0.1, 0.15) is 22.3 Å². The van der Waals surface area contributed by atoms with Crippen molar-refractivity contribution in [3.8, 4) is 0 Å². The van der Waals surface area contributed by atoms with E-state index in [0.717, 1.165) is 39.1 Å². The van der Waals surface area contributed by atoms with E-state index in [9.17, 15) is 14.9 Å². The predicted octanol–water partition coefficient (Wildman–Crippen LogP) is 2.85. The lowest BCUT2D eigenvalue weighted by Crippen LogP contribution is -2.47. The monoisotopic (exact) mass is 382 g/mol. The minimum Gasteiger partial charge on any atom is -0.369 e. The summed E-state index contributed by atoms with van der Waals surface area (Å²) in [6, 6.07) is 14.6. The molecule has 7 nitrogen and oxygen atoms in total. The Morgan fingerprint density at radius 1 is 1.11 bits per heavy atom. The zero-order chi connectivity index (χ0) is 19.9. The molecule has 1 amide bonds. The van der Waals surface area contributed by atoms with Gasteiger partial charge in [-0.3, -0.25) is 19.8 Å². The van der Waals surface area contributed by atoms with Gasteiger partial charge >= 0.3 is 0 Å². The van der Waals surface area contributed by atoms with Crippen molar-refractivity contribution >= 4 is 17.3 Å². The zero-order valence-electron chi connectivity index (χ0n) is 16.1. The molecule has 0 unspecified atom stereocenters. The van der Waals surface area contributed by atoms with Crippen molar-refractivity contribution in [2.24, 2.45) is 0 Å². The molecule has 2 aromatic rings. The quantitative estimate of drug-likeness (QED) is 0.453. The Bertz CT molecular complexity index is 832. The van der Waals surface area contributed by atoms with Gasteiger partial charge in [0.1, 0.15) is 5.56 Å². The highest BCUT2D eigenvalue weighted by atomic mass is 16.6. The molecular weight excluding hydrogens is 356 g/mol. The maximum absolute atomic E-state index is 12.2. The number of piperazine rings is 1. The lowest BCUT2D eigenvalue weighted by Gasteiger charge is -2.36. The average molecular weight is 382 g/mol. The maximum Gasteiger partial charge on any atom is 0.282 e. The Morgan fingerprint density at radius 3 is 2.57 bits per heavy atom. The number of aryl methyl sites for hydroxylation is 1. The number of nitro benzene ring substituents is 1. The first-order valence-electron chi connectivity index (χ1n) is 9.60. The predicted molar refractivity (Wildman–Crippen MR) is 110 cm³/mol. The van der Waals surface area contributed by atoms with Crippen LogP contribution in [0.15, 0.2) is 48.5 Å². The van der Waals surface area contributed by atoms with Crippen LogP contribution in [0, 0.1) is 17.0 Å². The van der Waals surface area contributed by atoms with E-state index in [-0.39, 0.29) is 11.3 Å². The Kier molecular flexibility index (Phi) is 6.60. The van der Waals surface area contributed by atoms with Crippen molar-refractivity contribution in [1.29, 1.82) is 0 Å². The minimum absolute atomic E-state index is 0.110. The topological polar surface area (TPSA) is 78.7 Å². The molecule has 2 aromatic carbocycles. The van der Waals surface area contributed by atoms with Crippen molar-refractivity contribution < 1.29 is 9.72 Å². The lowest BCUT2D eigenvalue weighted by molar-refractivity contribution is -0.385. The van der Waals surface area contributed by atoms with Crippen LogP contribution >= 0.6 is 0 Å². The molecule has 1 N–H and O–H groups in total. The summed E-state index contributed by atoms with van der Waals surface area (Å²) in [5.41, 5.74) is 2.50. The number of hydrogen-bond donors (Lipinski definition) is 1. The first-order valence-corrected chi connectivity index (χ1v) is 9.60. The van der Waals surface area contributed by atoms with Crippen LogP contribution in [-0.4, -0.2) is 55.0 Å². The van der Waals surface area contributed by atoms with E-state index in [1.807, 2.05) is 0 Å². The van der Waals surface area contributed by atoms with E-state index in [0.29, 0.717) is 6.54 Å². The van der Waals surface area contributed by atoms with Gasteiger partial charge in [0.2, 0.25) is 0 Å². The largest absolute Gasteiger partial charge is 0.369 e.